The van der Waals surface area contributed by atoms with Gasteiger partial charge >= 0.3 is 0 Å². The number of Topliss-reactive ketones (excluding diaryl/α,β-unsaturated/α-hetero) is 1. The van der Waals surface area contributed by atoms with E-state index < -0.39 is 0 Å². The Kier molecular flexibility index (Phi) is 4.73. The number of hydrogen-bond acceptors (Lipinski definition) is 4. The summed E-state index contributed by atoms with van der Waals surface area (Å²) in [6.07, 6.45) is 4.06. The van der Waals surface area contributed by atoms with Crippen molar-refractivity contribution in [2.75, 3.05) is 24.6 Å². The number of nitrogens with zero attached hydrogens (tertiary/aromatic N) is 2. The zero-order valence-electron chi connectivity index (χ0n) is 12.2. The normalized spacial score (nSPS) is 14.1. The van der Waals surface area contributed by atoms with E-state index in [-0.39, 0.29) is 12.4 Å². The van der Waals surface area contributed by atoms with Crippen molar-refractivity contribution < 1.29 is 9.53 Å². The Bertz CT molecular complexity index is 652. The summed E-state index contributed by atoms with van der Waals surface area (Å²) in [5.74, 6) is 1.54. The maximum absolute atomic E-state index is 12.2. The van der Waals surface area contributed by atoms with Crippen LogP contribution in [0.3, 0.4) is 0 Å². The number of aromatic nitrogens is 1. The van der Waals surface area contributed by atoms with Crippen LogP contribution < -0.4 is 9.64 Å². The number of benzene rings is 1. The van der Waals surface area contributed by atoms with Crippen molar-refractivity contribution in [3.63, 3.8) is 0 Å². The molecule has 5 heteroatoms. The van der Waals surface area contributed by atoms with Gasteiger partial charge < -0.3 is 9.64 Å². The average molecular weight is 361 g/mol. The van der Waals surface area contributed by atoms with Gasteiger partial charge in [0.2, 0.25) is 5.78 Å². The number of carbonyl (C=O) groups is 1. The highest BCUT2D eigenvalue weighted by atomic mass is 79.9. The molecule has 22 heavy (non-hydrogen) atoms. The topological polar surface area (TPSA) is 42.4 Å². The first-order valence-electron chi connectivity index (χ1n) is 7.35. The van der Waals surface area contributed by atoms with Gasteiger partial charge in [0, 0.05) is 24.8 Å². The average Bonchev–Trinajstić information content (AvgIpc) is 3.08. The summed E-state index contributed by atoms with van der Waals surface area (Å²) in [4.78, 5) is 18.8. The van der Waals surface area contributed by atoms with Gasteiger partial charge in [-0.15, -0.1) is 0 Å². The molecule has 0 spiro atoms. The number of ether oxygens (including phenoxy) is 1. The van der Waals surface area contributed by atoms with Crippen LogP contribution in [0.25, 0.3) is 0 Å². The zero-order chi connectivity index (χ0) is 15.4. The summed E-state index contributed by atoms with van der Waals surface area (Å²) >= 11 is 3.40. The molecule has 0 unspecified atom stereocenters. The fraction of sp³-hybridized carbons (Fsp3) is 0.294. The fourth-order valence-corrected chi connectivity index (χ4v) is 2.87. The molecule has 0 aliphatic carbocycles. The van der Waals surface area contributed by atoms with Crippen LogP contribution in [-0.2, 0) is 0 Å². The third kappa shape index (κ3) is 3.47. The monoisotopic (exact) mass is 360 g/mol. The Labute approximate surface area is 138 Å². The number of rotatable bonds is 5. The molecule has 0 radical (unpaired) electrons. The van der Waals surface area contributed by atoms with E-state index in [1.165, 1.54) is 12.8 Å². The highest BCUT2D eigenvalue weighted by Gasteiger charge is 2.14. The molecule has 2 aromatic rings. The number of hydrogen-bond donors (Lipinski definition) is 0. The van der Waals surface area contributed by atoms with Crippen molar-refractivity contribution in [2.45, 2.75) is 12.8 Å². The molecule has 2 heterocycles. The van der Waals surface area contributed by atoms with Gasteiger partial charge in [0.05, 0.1) is 4.47 Å². The Morgan fingerprint density at radius 2 is 1.95 bits per heavy atom. The van der Waals surface area contributed by atoms with Crippen molar-refractivity contribution >= 4 is 27.5 Å². The first-order valence-corrected chi connectivity index (χ1v) is 8.15. The lowest BCUT2D eigenvalue weighted by Crippen LogP contribution is -2.19. The number of ketones is 1. The number of halogens is 1. The Hall–Kier alpha value is -1.88. The Morgan fingerprint density at radius 3 is 2.64 bits per heavy atom. The molecule has 1 saturated heterocycles. The van der Waals surface area contributed by atoms with Crippen LogP contribution in [0, 0.1) is 0 Å². The van der Waals surface area contributed by atoms with Crippen LogP contribution in [-0.4, -0.2) is 30.5 Å². The van der Waals surface area contributed by atoms with Gasteiger partial charge in [-0.05, 0) is 53.0 Å². The van der Waals surface area contributed by atoms with Gasteiger partial charge in [0.15, 0.2) is 6.61 Å². The van der Waals surface area contributed by atoms with Crippen molar-refractivity contribution in [3.8, 4) is 5.75 Å². The summed E-state index contributed by atoms with van der Waals surface area (Å²) in [7, 11) is 0. The molecule has 4 nitrogen and oxygen atoms in total. The highest BCUT2D eigenvalue weighted by Crippen LogP contribution is 2.24. The van der Waals surface area contributed by atoms with Gasteiger partial charge in [-0.3, -0.25) is 4.79 Å². The second-order valence-electron chi connectivity index (χ2n) is 5.24. The number of anilines is 1. The first kappa shape index (κ1) is 15.0. The molecule has 0 atom stereocenters. The predicted octanol–water partition coefficient (Wildman–Crippen LogP) is 3.71. The molecular weight excluding hydrogens is 344 g/mol. The minimum atomic E-state index is -0.0729. The Balaban J connectivity index is 1.61. The van der Waals surface area contributed by atoms with E-state index in [1.54, 1.807) is 6.20 Å². The molecule has 1 aliphatic heterocycles. The van der Waals surface area contributed by atoms with Gasteiger partial charge in [0.25, 0.3) is 0 Å². The molecule has 114 valence electrons. The predicted molar refractivity (Wildman–Crippen MR) is 89.7 cm³/mol. The van der Waals surface area contributed by atoms with Crippen LogP contribution in [0.2, 0.25) is 0 Å². The SMILES string of the molecule is O=C(COc1ccccc1Br)c1ccc(N2CCCC2)nc1. The largest absolute Gasteiger partial charge is 0.484 e. The minimum absolute atomic E-state index is 0.00730. The minimum Gasteiger partial charge on any atom is -0.484 e. The van der Waals surface area contributed by atoms with E-state index in [2.05, 4.69) is 25.8 Å². The maximum atomic E-state index is 12.2. The van der Waals surface area contributed by atoms with Gasteiger partial charge in [-0.1, -0.05) is 12.1 Å². The standard InChI is InChI=1S/C17H17BrN2O2/c18-14-5-1-2-6-16(14)22-12-15(21)13-7-8-17(19-11-13)20-9-3-4-10-20/h1-2,5-8,11H,3-4,9-10,12H2. The van der Waals surface area contributed by atoms with Gasteiger partial charge in [-0.25, -0.2) is 4.98 Å². The molecule has 1 fully saturated rings. The number of carbonyl (C=O) groups excluding carboxylic acids is 1. The summed E-state index contributed by atoms with van der Waals surface area (Å²) in [5, 5.41) is 0. The van der Waals surface area contributed by atoms with Crippen LogP contribution in [0.1, 0.15) is 23.2 Å². The zero-order valence-corrected chi connectivity index (χ0v) is 13.8. The summed E-state index contributed by atoms with van der Waals surface area (Å²) in [6.45, 7) is 2.10. The Morgan fingerprint density at radius 1 is 1.18 bits per heavy atom. The van der Waals surface area contributed by atoms with Gasteiger partial charge in [0.1, 0.15) is 11.6 Å². The van der Waals surface area contributed by atoms with Crippen molar-refractivity contribution in [1.82, 2.24) is 4.98 Å². The van der Waals surface area contributed by atoms with Crippen molar-refractivity contribution in [2.24, 2.45) is 0 Å². The number of pyridine rings is 1. The van der Waals surface area contributed by atoms with E-state index in [9.17, 15) is 4.79 Å². The molecule has 0 N–H and O–H groups in total. The quantitative estimate of drug-likeness (QED) is 0.762. The maximum Gasteiger partial charge on any atom is 0.201 e. The second kappa shape index (κ2) is 6.92. The molecule has 0 bridgehead atoms. The summed E-state index contributed by atoms with van der Waals surface area (Å²) in [5.41, 5.74) is 0.579. The van der Waals surface area contributed by atoms with Gasteiger partial charge in [-0.2, -0.15) is 0 Å². The molecule has 3 rings (SSSR count). The first-order chi connectivity index (χ1) is 10.7. The van der Waals surface area contributed by atoms with Crippen molar-refractivity contribution in [3.05, 3.63) is 52.6 Å². The molecule has 0 saturated carbocycles. The smallest absolute Gasteiger partial charge is 0.201 e. The number of para-hydroxylation sites is 1. The molecule has 1 aromatic heterocycles. The summed E-state index contributed by atoms with van der Waals surface area (Å²) < 4.78 is 6.39. The van der Waals surface area contributed by atoms with E-state index >= 15 is 0 Å². The lowest BCUT2D eigenvalue weighted by molar-refractivity contribution is 0.0920. The van der Waals surface area contributed by atoms with Crippen LogP contribution in [0.15, 0.2) is 47.1 Å². The molecule has 1 aliphatic rings. The molecule has 0 amide bonds. The third-order valence-electron chi connectivity index (χ3n) is 3.70. The van der Waals surface area contributed by atoms with Crippen LogP contribution in [0.4, 0.5) is 5.82 Å². The van der Waals surface area contributed by atoms with Crippen LogP contribution >= 0.6 is 15.9 Å². The third-order valence-corrected chi connectivity index (χ3v) is 4.35. The lowest BCUT2D eigenvalue weighted by Gasteiger charge is -2.16. The second-order valence-corrected chi connectivity index (χ2v) is 6.10. The van der Waals surface area contributed by atoms with E-state index in [4.69, 9.17) is 4.74 Å². The highest BCUT2D eigenvalue weighted by molar-refractivity contribution is 9.10. The van der Waals surface area contributed by atoms with E-state index in [1.807, 2.05) is 36.4 Å². The summed E-state index contributed by atoms with van der Waals surface area (Å²) in [6, 6.07) is 11.2. The fourth-order valence-electron chi connectivity index (χ4n) is 2.47. The molecular formula is C17H17BrN2O2. The molecule has 1 aromatic carbocycles. The van der Waals surface area contributed by atoms with Crippen molar-refractivity contribution in [1.29, 1.82) is 0 Å². The van der Waals surface area contributed by atoms with E-state index in [0.29, 0.717) is 11.3 Å². The van der Waals surface area contributed by atoms with E-state index in [0.717, 1.165) is 23.4 Å². The lowest BCUT2D eigenvalue weighted by atomic mass is 10.2. The van der Waals surface area contributed by atoms with Crippen LogP contribution in [0.5, 0.6) is 5.75 Å².